The number of ether oxygens (including phenoxy) is 1. The van der Waals surface area contributed by atoms with Gasteiger partial charge in [0.2, 0.25) is 5.91 Å². The van der Waals surface area contributed by atoms with Crippen LogP contribution in [0.2, 0.25) is 0 Å². The van der Waals surface area contributed by atoms with Gasteiger partial charge in [-0.05, 0) is 54.7 Å². The number of pyridine rings is 1. The fourth-order valence-corrected chi connectivity index (χ4v) is 5.13. The van der Waals surface area contributed by atoms with Gasteiger partial charge in [-0.3, -0.25) is 9.48 Å². The molecule has 1 amide bonds. The maximum Gasteiger partial charge on any atom is 0.250 e. The SMILES string of the molecule is C=CC(=O)N1CCc2cc(-c3cc(-c4cnn(C5CCOCC5)c4)cn4ncc(C#N)c34)ccc21. The Morgan fingerprint density at radius 3 is 2.77 bits per heavy atom. The Bertz CT molecular complexity index is 1500. The van der Waals surface area contributed by atoms with Crippen molar-refractivity contribution in [1.82, 2.24) is 19.4 Å². The first kappa shape index (κ1) is 21.3. The molecule has 1 fully saturated rings. The van der Waals surface area contributed by atoms with Crippen molar-refractivity contribution in [2.45, 2.75) is 25.3 Å². The van der Waals surface area contributed by atoms with E-state index in [-0.39, 0.29) is 5.91 Å². The van der Waals surface area contributed by atoms with E-state index in [0.717, 1.165) is 71.5 Å². The predicted molar refractivity (Wildman–Crippen MR) is 132 cm³/mol. The van der Waals surface area contributed by atoms with Crippen molar-refractivity contribution in [2.75, 3.05) is 24.7 Å². The second kappa shape index (κ2) is 8.53. The monoisotopic (exact) mass is 464 g/mol. The molecule has 1 saturated heterocycles. The summed E-state index contributed by atoms with van der Waals surface area (Å²) < 4.78 is 9.30. The molecule has 0 bridgehead atoms. The van der Waals surface area contributed by atoms with E-state index in [1.165, 1.54) is 6.08 Å². The van der Waals surface area contributed by atoms with Crippen LogP contribution in [-0.2, 0) is 16.0 Å². The lowest BCUT2D eigenvalue weighted by molar-refractivity contribution is -0.114. The third-order valence-corrected chi connectivity index (χ3v) is 6.96. The highest BCUT2D eigenvalue weighted by Crippen LogP contribution is 2.37. The van der Waals surface area contributed by atoms with E-state index in [9.17, 15) is 10.1 Å². The molecule has 174 valence electrons. The first-order valence-electron chi connectivity index (χ1n) is 11.8. The number of hydrogen-bond donors (Lipinski definition) is 0. The third-order valence-electron chi connectivity index (χ3n) is 6.96. The Balaban J connectivity index is 1.45. The van der Waals surface area contributed by atoms with Gasteiger partial charge in [0.15, 0.2) is 0 Å². The average Bonchev–Trinajstić information content (AvgIpc) is 3.66. The number of carbonyl (C=O) groups is 1. The molecule has 8 nitrogen and oxygen atoms in total. The summed E-state index contributed by atoms with van der Waals surface area (Å²) in [4.78, 5) is 14.0. The highest BCUT2D eigenvalue weighted by Gasteiger charge is 2.24. The minimum absolute atomic E-state index is 0.0926. The molecule has 0 unspecified atom stereocenters. The molecule has 0 aliphatic carbocycles. The van der Waals surface area contributed by atoms with Crippen molar-refractivity contribution < 1.29 is 9.53 Å². The maximum absolute atomic E-state index is 12.2. The lowest BCUT2D eigenvalue weighted by Crippen LogP contribution is -2.26. The van der Waals surface area contributed by atoms with Crippen LogP contribution in [0.15, 0.2) is 61.7 Å². The number of benzene rings is 1. The van der Waals surface area contributed by atoms with Gasteiger partial charge in [-0.15, -0.1) is 0 Å². The Kier molecular flexibility index (Phi) is 5.20. The second-order valence-corrected chi connectivity index (χ2v) is 8.95. The van der Waals surface area contributed by atoms with Gasteiger partial charge in [-0.2, -0.15) is 15.5 Å². The standard InChI is InChI=1S/C27H24N6O2/c1-2-26(34)31-8-5-19-11-18(3-4-25(19)31)24-12-20(16-33-27(24)21(13-28)14-30-33)22-15-29-32(17-22)23-6-9-35-10-7-23/h2-4,11-12,14-17,23H,1,5-10H2. The van der Waals surface area contributed by atoms with Crippen LogP contribution in [0, 0.1) is 11.3 Å². The molecule has 0 saturated carbocycles. The smallest absolute Gasteiger partial charge is 0.250 e. The van der Waals surface area contributed by atoms with Gasteiger partial charge in [-0.25, -0.2) is 4.52 Å². The van der Waals surface area contributed by atoms with Crippen molar-refractivity contribution in [3.8, 4) is 28.3 Å². The predicted octanol–water partition coefficient (Wildman–Crippen LogP) is 4.16. The van der Waals surface area contributed by atoms with E-state index in [4.69, 9.17) is 4.74 Å². The molecule has 35 heavy (non-hydrogen) atoms. The number of anilines is 1. The van der Waals surface area contributed by atoms with Crippen LogP contribution in [0.1, 0.15) is 30.0 Å². The minimum atomic E-state index is -0.0926. The van der Waals surface area contributed by atoms with E-state index in [1.54, 1.807) is 15.6 Å². The van der Waals surface area contributed by atoms with Crippen LogP contribution in [0.4, 0.5) is 5.69 Å². The Morgan fingerprint density at radius 2 is 1.97 bits per heavy atom. The number of nitrogens with zero attached hydrogens (tertiary/aromatic N) is 6. The molecule has 6 rings (SSSR count). The van der Waals surface area contributed by atoms with Gasteiger partial charge in [0.1, 0.15) is 6.07 Å². The van der Waals surface area contributed by atoms with E-state index in [1.807, 2.05) is 29.2 Å². The second-order valence-electron chi connectivity index (χ2n) is 8.95. The van der Waals surface area contributed by atoms with Gasteiger partial charge < -0.3 is 9.64 Å². The number of amides is 1. The number of nitriles is 1. The molecule has 0 atom stereocenters. The molecule has 3 aromatic heterocycles. The number of hydrogen-bond acceptors (Lipinski definition) is 5. The first-order valence-corrected chi connectivity index (χ1v) is 11.8. The fourth-order valence-electron chi connectivity index (χ4n) is 5.13. The molecule has 4 aromatic rings. The van der Waals surface area contributed by atoms with Crippen molar-refractivity contribution in [2.24, 2.45) is 0 Å². The highest BCUT2D eigenvalue weighted by molar-refractivity contribution is 6.03. The number of carbonyl (C=O) groups excluding carboxylic acids is 1. The molecular weight excluding hydrogens is 440 g/mol. The van der Waals surface area contributed by atoms with Gasteiger partial charge in [-0.1, -0.05) is 12.6 Å². The summed E-state index contributed by atoms with van der Waals surface area (Å²) in [6.07, 6.45) is 11.6. The summed E-state index contributed by atoms with van der Waals surface area (Å²) in [5, 5.41) is 18.8. The Morgan fingerprint density at radius 1 is 1.11 bits per heavy atom. The van der Waals surface area contributed by atoms with Gasteiger partial charge in [0, 0.05) is 54.5 Å². The van der Waals surface area contributed by atoms with Crippen molar-refractivity contribution in [1.29, 1.82) is 5.26 Å². The van der Waals surface area contributed by atoms with Crippen molar-refractivity contribution in [3.05, 3.63) is 72.8 Å². The molecule has 0 spiro atoms. The summed E-state index contributed by atoms with van der Waals surface area (Å²) in [6, 6.07) is 10.8. The zero-order valence-electron chi connectivity index (χ0n) is 19.2. The molecule has 2 aliphatic heterocycles. The lowest BCUT2D eigenvalue weighted by Gasteiger charge is -2.22. The molecule has 0 N–H and O–H groups in total. The van der Waals surface area contributed by atoms with Crippen molar-refractivity contribution in [3.63, 3.8) is 0 Å². The van der Waals surface area contributed by atoms with Gasteiger partial charge >= 0.3 is 0 Å². The van der Waals surface area contributed by atoms with Crippen LogP contribution in [-0.4, -0.2) is 45.1 Å². The Hall–Kier alpha value is -4.22. The van der Waals surface area contributed by atoms with E-state index >= 15 is 0 Å². The van der Waals surface area contributed by atoms with Gasteiger partial charge in [0.25, 0.3) is 0 Å². The topological polar surface area (TPSA) is 88.4 Å². The van der Waals surface area contributed by atoms with Crippen molar-refractivity contribution >= 4 is 17.1 Å². The summed E-state index contributed by atoms with van der Waals surface area (Å²) in [6.45, 7) is 5.77. The quantitative estimate of drug-likeness (QED) is 0.423. The van der Waals surface area contributed by atoms with Crippen LogP contribution in [0.3, 0.4) is 0 Å². The molecule has 0 radical (unpaired) electrons. The lowest BCUT2D eigenvalue weighted by atomic mass is 9.97. The fraction of sp³-hybridized carbons (Fsp3) is 0.259. The molecular formula is C27H24N6O2. The van der Waals surface area contributed by atoms with E-state index in [2.05, 4.69) is 41.2 Å². The summed E-state index contributed by atoms with van der Waals surface area (Å²) in [5.41, 5.74) is 7.19. The molecule has 5 heterocycles. The largest absolute Gasteiger partial charge is 0.381 e. The van der Waals surface area contributed by atoms with Crippen LogP contribution < -0.4 is 4.90 Å². The number of aromatic nitrogens is 4. The normalized spacial score (nSPS) is 15.8. The number of fused-ring (bicyclic) bond motifs is 2. The zero-order chi connectivity index (χ0) is 23.9. The number of rotatable bonds is 4. The summed E-state index contributed by atoms with van der Waals surface area (Å²) >= 11 is 0. The molecule has 1 aromatic carbocycles. The van der Waals surface area contributed by atoms with Crippen LogP contribution >= 0.6 is 0 Å². The summed E-state index contributed by atoms with van der Waals surface area (Å²) in [5.74, 6) is -0.0926. The zero-order valence-corrected chi connectivity index (χ0v) is 19.2. The van der Waals surface area contributed by atoms with E-state index in [0.29, 0.717) is 18.2 Å². The molecule has 2 aliphatic rings. The maximum atomic E-state index is 12.2. The van der Waals surface area contributed by atoms with Gasteiger partial charge in [0.05, 0.1) is 29.5 Å². The van der Waals surface area contributed by atoms with Crippen LogP contribution in [0.25, 0.3) is 27.8 Å². The average molecular weight is 465 g/mol. The summed E-state index contributed by atoms with van der Waals surface area (Å²) in [7, 11) is 0. The molecule has 8 heteroatoms. The minimum Gasteiger partial charge on any atom is -0.381 e. The third kappa shape index (κ3) is 3.61. The highest BCUT2D eigenvalue weighted by atomic mass is 16.5. The van der Waals surface area contributed by atoms with Crippen LogP contribution in [0.5, 0.6) is 0 Å². The Labute approximate surface area is 202 Å². The van der Waals surface area contributed by atoms with E-state index < -0.39 is 0 Å². The first-order chi connectivity index (χ1) is 17.2.